The molecule has 3 atom stereocenters. The molecule has 0 spiro atoms. The molecule has 0 radical (unpaired) electrons. The molecule has 0 aromatic heterocycles. The van der Waals surface area contributed by atoms with E-state index < -0.39 is 0 Å². The molecule has 11 rings (SSSR count). The van der Waals surface area contributed by atoms with Crippen LogP contribution in [-0.4, -0.2) is 0 Å². The van der Waals surface area contributed by atoms with E-state index in [9.17, 15) is 0 Å². The number of benzene rings is 4. The van der Waals surface area contributed by atoms with Gasteiger partial charge in [-0.25, -0.2) is 0 Å². The van der Waals surface area contributed by atoms with Gasteiger partial charge >= 0.3 is 0 Å². The predicted octanol–water partition coefficient (Wildman–Crippen LogP) is 11.8. The van der Waals surface area contributed by atoms with Gasteiger partial charge in [-0.15, -0.1) is 0 Å². The van der Waals surface area contributed by atoms with Crippen LogP contribution in [0.25, 0.3) is 11.1 Å². The van der Waals surface area contributed by atoms with Gasteiger partial charge in [0.25, 0.3) is 0 Å². The van der Waals surface area contributed by atoms with Crippen LogP contribution in [0, 0.1) is 29.6 Å². The molecular formula is C44H47N. The third-order valence-corrected chi connectivity index (χ3v) is 13.9. The molecule has 0 saturated heterocycles. The Morgan fingerprint density at radius 2 is 1.22 bits per heavy atom. The van der Waals surface area contributed by atoms with Gasteiger partial charge in [-0.3, -0.25) is 0 Å². The van der Waals surface area contributed by atoms with Crippen molar-refractivity contribution in [3.63, 3.8) is 0 Å². The summed E-state index contributed by atoms with van der Waals surface area (Å²) >= 11 is 0. The first-order chi connectivity index (χ1) is 21.9. The number of rotatable bonds is 5. The fourth-order valence-corrected chi connectivity index (χ4v) is 12.4. The van der Waals surface area contributed by atoms with Crippen molar-refractivity contribution in [3.8, 4) is 11.1 Å². The molecule has 7 aliphatic carbocycles. The maximum atomic E-state index is 2.58. The number of nitrogens with zero attached hydrogens (tertiary/aromatic N) is 1. The Labute approximate surface area is 270 Å². The van der Waals surface area contributed by atoms with E-state index in [2.05, 4.69) is 110 Å². The minimum Gasteiger partial charge on any atom is -0.310 e. The first kappa shape index (κ1) is 26.9. The van der Waals surface area contributed by atoms with E-state index >= 15 is 0 Å². The molecule has 45 heavy (non-hydrogen) atoms. The van der Waals surface area contributed by atoms with Crippen LogP contribution >= 0.6 is 0 Å². The van der Waals surface area contributed by atoms with E-state index in [0.717, 1.165) is 35.5 Å². The monoisotopic (exact) mass is 589 g/mol. The second kappa shape index (κ2) is 9.60. The summed E-state index contributed by atoms with van der Waals surface area (Å²) in [6.07, 6.45) is 14.5. The van der Waals surface area contributed by atoms with Crippen molar-refractivity contribution in [2.75, 3.05) is 4.90 Å². The Hall–Kier alpha value is -3.32. The van der Waals surface area contributed by atoms with Crippen molar-refractivity contribution in [1.82, 2.24) is 0 Å². The van der Waals surface area contributed by atoms with E-state index in [-0.39, 0.29) is 5.41 Å². The van der Waals surface area contributed by atoms with Crippen molar-refractivity contribution < 1.29 is 0 Å². The van der Waals surface area contributed by atoms with Gasteiger partial charge in [-0.1, -0.05) is 80.9 Å². The average Bonchev–Trinajstić information content (AvgIpc) is 3.75. The predicted molar refractivity (Wildman–Crippen MR) is 187 cm³/mol. The van der Waals surface area contributed by atoms with Crippen LogP contribution in [0.3, 0.4) is 0 Å². The lowest BCUT2D eigenvalue weighted by molar-refractivity contribution is -0.00518. The van der Waals surface area contributed by atoms with E-state index in [0.29, 0.717) is 5.41 Å². The third kappa shape index (κ3) is 3.98. The number of anilines is 3. The summed E-state index contributed by atoms with van der Waals surface area (Å²) in [6.45, 7) is 4.85. The van der Waals surface area contributed by atoms with Crippen LogP contribution in [0.2, 0.25) is 0 Å². The molecule has 0 heterocycles. The van der Waals surface area contributed by atoms with Crippen molar-refractivity contribution >= 4 is 17.1 Å². The summed E-state index contributed by atoms with van der Waals surface area (Å²) < 4.78 is 0. The highest BCUT2D eigenvalue weighted by Crippen LogP contribution is 2.61. The van der Waals surface area contributed by atoms with E-state index in [1.807, 2.05) is 0 Å². The minimum atomic E-state index is -0.0665. The Morgan fingerprint density at radius 1 is 0.578 bits per heavy atom. The molecule has 6 fully saturated rings. The molecular weight excluding hydrogens is 542 g/mol. The molecule has 6 saturated carbocycles. The molecule has 6 bridgehead atoms. The van der Waals surface area contributed by atoms with E-state index in [4.69, 9.17) is 0 Å². The molecule has 1 heteroatoms. The summed E-state index contributed by atoms with van der Waals surface area (Å²) in [7, 11) is 0. The second-order valence-electron chi connectivity index (χ2n) is 16.8. The Kier molecular flexibility index (Phi) is 5.73. The molecule has 4 aromatic carbocycles. The van der Waals surface area contributed by atoms with Crippen molar-refractivity contribution in [2.24, 2.45) is 29.6 Å². The molecule has 7 aliphatic rings. The van der Waals surface area contributed by atoms with Crippen LogP contribution in [0.5, 0.6) is 0 Å². The quantitative estimate of drug-likeness (QED) is 0.224. The van der Waals surface area contributed by atoms with E-state index in [1.54, 1.807) is 11.1 Å². The van der Waals surface area contributed by atoms with Gasteiger partial charge in [0.2, 0.25) is 0 Å². The van der Waals surface area contributed by atoms with Crippen LogP contribution in [0.4, 0.5) is 17.1 Å². The normalized spacial score (nSPS) is 32.9. The standard InChI is InChI=1S/C44H47N/c1-43(2)40-8-4-3-6-37(40)38-7-5-9-41(42(38)43)45(35-16-12-32(13-17-35)39-24-28-10-11-33(39)23-28)36-18-14-34(15-19-36)44-25-29-20-30(26-44)22-31(21-29)27-44/h3-9,12-19,28-31,33,39H,10-11,20-27H2,1-2H3. The first-order valence-electron chi connectivity index (χ1n) is 18.2. The average molecular weight is 590 g/mol. The van der Waals surface area contributed by atoms with Gasteiger partial charge in [-0.05, 0) is 162 Å². The molecule has 1 nitrogen and oxygen atoms in total. The largest absolute Gasteiger partial charge is 0.310 e. The zero-order chi connectivity index (χ0) is 29.9. The van der Waals surface area contributed by atoms with Crippen LogP contribution in [0.1, 0.15) is 106 Å². The highest BCUT2D eigenvalue weighted by Gasteiger charge is 2.51. The van der Waals surface area contributed by atoms with Crippen LogP contribution < -0.4 is 4.90 Å². The topological polar surface area (TPSA) is 3.24 Å². The Balaban J connectivity index is 1.08. The number of hydrogen-bond donors (Lipinski definition) is 0. The second-order valence-corrected chi connectivity index (χ2v) is 16.8. The molecule has 0 N–H and O–H groups in total. The highest BCUT2D eigenvalue weighted by molar-refractivity contribution is 5.90. The number of fused-ring (bicyclic) bond motifs is 5. The molecule has 0 amide bonds. The van der Waals surface area contributed by atoms with Gasteiger partial charge in [0.15, 0.2) is 0 Å². The lowest BCUT2D eigenvalue weighted by atomic mass is 9.48. The van der Waals surface area contributed by atoms with Gasteiger partial charge < -0.3 is 4.90 Å². The molecule has 4 aromatic rings. The van der Waals surface area contributed by atoms with Gasteiger partial charge in [0.1, 0.15) is 0 Å². The lowest BCUT2D eigenvalue weighted by Gasteiger charge is -2.57. The summed E-state index contributed by atoms with van der Waals surface area (Å²) in [5.74, 6) is 5.55. The summed E-state index contributed by atoms with van der Waals surface area (Å²) in [4.78, 5) is 2.58. The van der Waals surface area contributed by atoms with Crippen molar-refractivity contribution in [3.05, 3.63) is 113 Å². The smallest absolute Gasteiger partial charge is 0.0508 e. The Bertz CT molecular complexity index is 1740. The third-order valence-electron chi connectivity index (χ3n) is 13.9. The van der Waals surface area contributed by atoms with Crippen LogP contribution in [0.15, 0.2) is 91.0 Å². The minimum absolute atomic E-state index is 0.0665. The fraction of sp³-hybridized carbons (Fsp3) is 0.455. The van der Waals surface area contributed by atoms with Gasteiger partial charge in [-0.2, -0.15) is 0 Å². The zero-order valence-corrected chi connectivity index (χ0v) is 27.1. The van der Waals surface area contributed by atoms with Gasteiger partial charge in [0.05, 0.1) is 5.69 Å². The maximum absolute atomic E-state index is 2.58. The fourth-order valence-electron chi connectivity index (χ4n) is 12.4. The highest BCUT2D eigenvalue weighted by atomic mass is 15.1. The molecule has 228 valence electrons. The first-order valence-corrected chi connectivity index (χ1v) is 18.2. The van der Waals surface area contributed by atoms with Gasteiger partial charge in [0, 0.05) is 16.8 Å². The zero-order valence-electron chi connectivity index (χ0n) is 27.1. The van der Waals surface area contributed by atoms with Crippen molar-refractivity contribution in [2.45, 2.75) is 94.8 Å². The van der Waals surface area contributed by atoms with Crippen molar-refractivity contribution in [1.29, 1.82) is 0 Å². The summed E-state index contributed by atoms with van der Waals surface area (Å²) in [6, 6.07) is 35.9. The summed E-state index contributed by atoms with van der Waals surface area (Å²) in [5, 5.41) is 0. The SMILES string of the molecule is CC1(C)c2ccccc2-c2cccc(N(c3ccc(C4CC5CCC4C5)cc3)c3ccc(C45CC6CC(CC(C6)C4)C5)cc3)c21. The lowest BCUT2D eigenvalue weighted by Crippen LogP contribution is -2.48. The Morgan fingerprint density at radius 3 is 1.87 bits per heavy atom. The maximum Gasteiger partial charge on any atom is 0.0508 e. The van der Waals surface area contributed by atoms with Crippen LogP contribution in [-0.2, 0) is 10.8 Å². The molecule has 0 aliphatic heterocycles. The van der Waals surface area contributed by atoms with E-state index in [1.165, 1.54) is 104 Å². The molecule has 3 unspecified atom stereocenters. The number of hydrogen-bond acceptors (Lipinski definition) is 1. The summed E-state index contributed by atoms with van der Waals surface area (Å²) in [5.41, 5.74) is 13.1.